The molecule has 3 rings (SSSR count). The number of aromatic nitrogens is 1. The van der Waals surface area contributed by atoms with Crippen LogP contribution in [0.5, 0.6) is 0 Å². The first-order valence-electron chi connectivity index (χ1n) is 8.31. The summed E-state index contributed by atoms with van der Waals surface area (Å²) in [5, 5.41) is 33.3. The van der Waals surface area contributed by atoms with Crippen molar-refractivity contribution >= 4 is 28.8 Å². The van der Waals surface area contributed by atoms with Crippen LogP contribution in [0.2, 0.25) is 0 Å². The van der Waals surface area contributed by atoms with Gasteiger partial charge in [-0.15, -0.1) is 0 Å². The monoisotopic (exact) mass is 383 g/mol. The van der Waals surface area contributed by atoms with E-state index in [0.717, 1.165) is 5.56 Å². The van der Waals surface area contributed by atoms with E-state index in [-0.39, 0.29) is 10.7 Å². The Bertz CT molecular complexity index is 982. The number of thiocarbonyl (C=S) groups is 1. The number of nitrogens with zero attached hydrogens (tertiary/aromatic N) is 2. The SMILES string of the molecule is Cc1ccc[n+]([C@@H]2[C@@H](c3ccccc3[N+](=O)[O-])C(=C=N)C(=S)N[C@]2(C)O)c1. The Morgan fingerprint density at radius 3 is 2.70 bits per heavy atom. The Labute approximate surface area is 161 Å². The van der Waals surface area contributed by atoms with Crippen molar-refractivity contribution in [3.05, 3.63) is 75.6 Å². The van der Waals surface area contributed by atoms with Crippen LogP contribution in [0, 0.1) is 22.4 Å². The van der Waals surface area contributed by atoms with Crippen LogP contribution in [0.1, 0.15) is 30.0 Å². The molecule has 0 bridgehead atoms. The topological polar surface area (TPSA) is 103 Å². The van der Waals surface area contributed by atoms with Gasteiger partial charge in [-0.05, 0) is 25.8 Å². The van der Waals surface area contributed by atoms with Crippen LogP contribution in [0.25, 0.3) is 0 Å². The van der Waals surface area contributed by atoms with Crippen molar-refractivity contribution in [2.75, 3.05) is 0 Å². The minimum absolute atomic E-state index is 0.0889. The summed E-state index contributed by atoms with van der Waals surface area (Å²) in [6.07, 6.45) is 3.63. The molecular weight excluding hydrogens is 364 g/mol. The molecule has 0 spiro atoms. The van der Waals surface area contributed by atoms with Gasteiger partial charge in [-0.25, -0.2) is 0 Å². The molecule has 1 aromatic carbocycles. The summed E-state index contributed by atoms with van der Waals surface area (Å²) in [6, 6.07) is 9.39. The molecule has 27 heavy (non-hydrogen) atoms. The number of hydrogen-bond donors (Lipinski definition) is 3. The number of aliphatic hydroxyl groups is 1. The second-order valence-electron chi connectivity index (χ2n) is 6.71. The van der Waals surface area contributed by atoms with Gasteiger partial charge in [0, 0.05) is 23.3 Å². The maximum absolute atomic E-state index is 11.6. The average molecular weight is 383 g/mol. The predicted molar refractivity (Wildman–Crippen MR) is 104 cm³/mol. The summed E-state index contributed by atoms with van der Waals surface area (Å²) in [7, 11) is 0. The Morgan fingerprint density at radius 2 is 2.07 bits per heavy atom. The molecule has 2 heterocycles. The third kappa shape index (κ3) is 3.38. The number of para-hydroxylation sites is 1. The Balaban J connectivity index is 2.31. The first-order valence-corrected chi connectivity index (χ1v) is 8.72. The number of nitrogens with one attached hydrogen (secondary N) is 2. The van der Waals surface area contributed by atoms with Gasteiger partial charge in [0.15, 0.2) is 18.1 Å². The maximum Gasteiger partial charge on any atom is 0.273 e. The lowest BCUT2D eigenvalue weighted by atomic mass is 9.76. The average Bonchev–Trinajstić information content (AvgIpc) is 2.60. The van der Waals surface area contributed by atoms with Crippen LogP contribution in [0.3, 0.4) is 0 Å². The van der Waals surface area contributed by atoms with Crippen LogP contribution < -0.4 is 9.88 Å². The molecule has 3 atom stereocenters. The van der Waals surface area contributed by atoms with Crippen molar-refractivity contribution in [1.29, 1.82) is 5.41 Å². The molecule has 1 aliphatic heterocycles. The number of nitro groups is 1. The van der Waals surface area contributed by atoms with E-state index in [4.69, 9.17) is 17.6 Å². The fourth-order valence-electron chi connectivity index (χ4n) is 3.62. The molecule has 0 aliphatic carbocycles. The van der Waals surface area contributed by atoms with E-state index in [1.807, 2.05) is 25.3 Å². The molecule has 0 amide bonds. The quantitative estimate of drug-likeness (QED) is 0.188. The third-order valence-electron chi connectivity index (χ3n) is 4.71. The molecule has 2 aromatic rings. The molecular formula is C19H19N4O3S+. The zero-order chi connectivity index (χ0) is 19.8. The largest absolute Gasteiger partial charge is 0.366 e. The van der Waals surface area contributed by atoms with Crippen LogP contribution in [-0.4, -0.2) is 26.6 Å². The molecule has 7 nitrogen and oxygen atoms in total. The third-order valence-corrected chi connectivity index (χ3v) is 5.03. The second kappa shape index (κ2) is 7.00. The van der Waals surface area contributed by atoms with Crippen molar-refractivity contribution in [2.45, 2.75) is 31.5 Å². The van der Waals surface area contributed by atoms with Crippen LogP contribution in [-0.2, 0) is 0 Å². The standard InChI is InChI=1S/C19H18N4O3S/c1-12-6-5-9-22(11-12)17-16(13-7-3-4-8-15(13)23(25)26)14(10-20)18(27)21-19(17,2)24/h3-9,11,16-17,20,24H,1-2H3/p+1/t16-,17+,19+/m0/s1. The lowest BCUT2D eigenvalue weighted by molar-refractivity contribution is -0.741. The molecule has 0 saturated carbocycles. The van der Waals surface area contributed by atoms with Gasteiger partial charge >= 0.3 is 0 Å². The van der Waals surface area contributed by atoms with Crippen molar-refractivity contribution < 1.29 is 14.6 Å². The number of nitro benzene ring substituents is 1. The van der Waals surface area contributed by atoms with Crippen molar-refractivity contribution in [2.24, 2.45) is 0 Å². The van der Waals surface area contributed by atoms with Crippen molar-refractivity contribution in [1.82, 2.24) is 5.32 Å². The van der Waals surface area contributed by atoms with Gasteiger partial charge in [0.25, 0.3) is 5.69 Å². The summed E-state index contributed by atoms with van der Waals surface area (Å²) in [4.78, 5) is 11.3. The Kier molecular flexibility index (Phi) is 4.89. The van der Waals surface area contributed by atoms with Gasteiger partial charge in [0.1, 0.15) is 4.99 Å². The van der Waals surface area contributed by atoms with Crippen molar-refractivity contribution in [3.63, 3.8) is 0 Å². The molecule has 0 unspecified atom stereocenters. The smallest absolute Gasteiger partial charge is 0.273 e. The predicted octanol–water partition coefficient (Wildman–Crippen LogP) is 2.33. The highest BCUT2D eigenvalue weighted by Gasteiger charge is 2.54. The van der Waals surface area contributed by atoms with E-state index in [1.165, 1.54) is 6.07 Å². The number of rotatable bonds is 3. The van der Waals surface area contributed by atoms with E-state index >= 15 is 0 Å². The molecule has 1 aromatic heterocycles. The van der Waals surface area contributed by atoms with E-state index in [1.54, 1.807) is 35.9 Å². The highest BCUT2D eigenvalue weighted by atomic mass is 32.1. The van der Waals surface area contributed by atoms with Gasteiger partial charge in [-0.3, -0.25) is 15.5 Å². The number of aryl methyl sites for hydroxylation is 1. The first kappa shape index (κ1) is 18.8. The summed E-state index contributed by atoms with van der Waals surface area (Å²) < 4.78 is 1.79. The summed E-state index contributed by atoms with van der Waals surface area (Å²) in [5.74, 6) is 1.61. The molecule has 138 valence electrons. The van der Waals surface area contributed by atoms with Crippen LogP contribution in [0.4, 0.5) is 5.69 Å². The molecule has 1 fully saturated rings. The Hall–Kier alpha value is -2.93. The van der Waals surface area contributed by atoms with Crippen molar-refractivity contribution in [3.8, 4) is 0 Å². The van der Waals surface area contributed by atoms with Gasteiger partial charge < -0.3 is 10.4 Å². The lowest BCUT2D eigenvalue weighted by Crippen LogP contribution is -2.66. The minimum Gasteiger partial charge on any atom is -0.366 e. The fraction of sp³-hybridized carbons (Fsp3) is 0.263. The fourth-order valence-corrected chi connectivity index (χ4v) is 4.01. The van der Waals surface area contributed by atoms with Crippen LogP contribution >= 0.6 is 12.2 Å². The van der Waals surface area contributed by atoms with Gasteiger partial charge in [0.05, 0.1) is 16.4 Å². The first-order chi connectivity index (χ1) is 12.8. The van der Waals surface area contributed by atoms with Gasteiger partial charge in [-0.1, -0.05) is 30.4 Å². The summed E-state index contributed by atoms with van der Waals surface area (Å²) in [5.41, 5.74) is 0.0481. The zero-order valence-electron chi connectivity index (χ0n) is 14.8. The van der Waals surface area contributed by atoms with Crippen LogP contribution in [0.15, 0.2) is 54.4 Å². The number of piperidine rings is 1. The highest BCUT2D eigenvalue weighted by molar-refractivity contribution is 7.80. The second-order valence-corrected chi connectivity index (χ2v) is 7.12. The summed E-state index contributed by atoms with van der Waals surface area (Å²) >= 11 is 5.32. The van der Waals surface area contributed by atoms with Gasteiger partial charge in [-0.2, -0.15) is 4.57 Å². The van der Waals surface area contributed by atoms with E-state index in [0.29, 0.717) is 11.1 Å². The van der Waals surface area contributed by atoms with E-state index in [9.17, 15) is 15.2 Å². The number of pyridine rings is 1. The zero-order valence-corrected chi connectivity index (χ0v) is 15.7. The highest BCUT2D eigenvalue weighted by Crippen LogP contribution is 2.43. The van der Waals surface area contributed by atoms with E-state index < -0.39 is 22.6 Å². The molecule has 3 N–H and O–H groups in total. The summed E-state index contributed by atoms with van der Waals surface area (Å²) in [6.45, 7) is 3.49. The van der Waals surface area contributed by atoms with E-state index in [2.05, 4.69) is 11.2 Å². The normalized spacial score (nSPS) is 24.9. The molecule has 0 radical (unpaired) electrons. The van der Waals surface area contributed by atoms with Gasteiger partial charge in [0.2, 0.25) is 6.04 Å². The minimum atomic E-state index is -1.50. The number of hydrogen-bond acceptors (Lipinski definition) is 5. The number of benzene rings is 1. The maximum atomic E-state index is 11.6. The molecule has 1 aliphatic rings. The lowest BCUT2D eigenvalue weighted by Gasteiger charge is -2.40. The molecule has 8 heteroatoms. The Morgan fingerprint density at radius 1 is 1.37 bits per heavy atom. The molecule has 1 saturated heterocycles.